The van der Waals surface area contributed by atoms with Crippen LogP contribution in [-0.2, 0) is 17.1 Å². The lowest BCUT2D eigenvalue weighted by molar-refractivity contribution is 0.0957. The van der Waals surface area contributed by atoms with Gasteiger partial charge in [0.15, 0.2) is 11.6 Å². The van der Waals surface area contributed by atoms with Gasteiger partial charge in [0, 0.05) is 25.4 Å². The third kappa shape index (κ3) is 4.05. The van der Waals surface area contributed by atoms with Crippen LogP contribution >= 0.6 is 0 Å². The first-order valence-electron chi connectivity index (χ1n) is 9.82. The number of sulfonamides is 1. The van der Waals surface area contributed by atoms with E-state index in [2.05, 4.69) is 25.1 Å². The molecule has 32 heavy (non-hydrogen) atoms. The molecule has 1 aliphatic heterocycles. The topological polar surface area (TPSA) is 119 Å². The number of hydrogen-bond acceptors (Lipinski definition) is 7. The second-order valence-corrected chi connectivity index (χ2v) is 9.24. The van der Waals surface area contributed by atoms with Crippen molar-refractivity contribution in [3.8, 4) is 11.3 Å². The van der Waals surface area contributed by atoms with Gasteiger partial charge in [-0.05, 0) is 18.6 Å². The van der Waals surface area contributed by atoms with Crippen LogP contribution in [0.2, 0.25) is 0 Å². The Bertz CT molecular complexity index is 1310. The van der Waals surface area contributed by atoms with Gasteiger partial charge in [-0.25, -0.2) is 27.2 Å². The van der Waals surface area contributed by atoms with Crippen LogP contribution in [-0.4, -0.2) is 46.2 Å². The van der Waals surface area contributed by atoms with Crippen LogP contribution in [0.5, 0.6) is 0 Å². The van der Waals surface area contributed by atoms with E-state index in [0.717, 1.165) is 12.1 Å². The lowest BCUT2D eigenvalue weighted by atomic mass is 9.95. The number of hydrogen-bond donors (Lipinski definition) is 2. The Labute approximate surface area is 182 Å². The van der Waals surface area contributed by atoms with Crippen molar-refractivity contribution in [1.29, 1.82) is 0 Å². The van der Waals surface area contributed by atoms with E-state index in [1.165, 1.54) is 6.20 Å². The number of nitrogens with zero attached hydrogens (tertiary/aromatic N) is 4. The van der Waals surface area contributed by atoms with E-state index in [1.807, 2.05) is 0 Å². The van der Waals surface area contributed by atoms with Gasteiger partial charge < -0.3 is 5.32 Å². The molecule has 168 valence electrons. The molecule has 2 aromatic heterocycles. The number of rotatable bonds is 7. The monoisotopic (exact) mass is 462 g/mol. The molecule has 0 aliphatic carbocycles. The quantitative estimate of drug-likeness (QED) is 0.518. The van der Waals surface area contributed by atoms with E-state index in [-0.39, 0.29) is 18.0 Å². The zero-order valence-electron chi connectivity index (χ0n) is 17.3. The standard InChI is InChI=1S/C20H20F2N6O3S/c1-3-6-32(30,31)27-14-5-4-13(21)16(17(14)22)19(29)12-8-23-20-18(12)26-15(9-24-20)11-7-25-28(2)10-11/h4-5,7,9-10,12,27H,3,6,8H2,1-2H3,(H,23,24). The number of anilines is 2. The summed E-state index contributed by atoms with van der Waals surface area (Å²) >= 11 is 0. The number of aryl methyl sites for hydroxylation is 1. The summed E-state index contributed by atoms with van der Waals surface area (Å²) in [5.41, 5.74) is 0.0811. The Balaban J connectivity index is 1.70. The van der Waals surface area contributed by atoms with Gasteiger partial charge in [-0.2, -0.15) is 5.10 Å². The van der Waals surface area contributed by atoms with Gasteiger partial charge >= 0.3 is 0 Å². The summed E-state index contributed by atoms with van der Waals surface area (Å²) in [6, 6.07) is 1.82. The van der Waals surface area contributed by atoms with Gasteiger partial charge in [0.1, 0.15) is 11.6 Å². The molecule has 1 atom stereocenters. The fourth-order valence-electron chi connectivity index (χ4n) is 3.51. The van der Waals surface area contributed by atoms with Crippen LogP contribution in [0.3, 0.4) is 0 Å². The largest absolute Gasteiger partial charge is 0.367 e. The third-order valence-electron chi connectivity index (χ3n) is 5.00. The molecule has 0 radical (unpaired) electrons. The van der Waals surface area contributed by atoms with Crippen molar-refractivity contribution in [2.24, 2.45) is 7.05 Å². The molecular formula is C20H20F2N6O3S. The number of fused-ring (bicyclic) bond motifs is 1. The summed E-state index contributed by atoms with van der Waals surface area (Å²) in [5, 5.41) is 7.00. The minimum absolute atomic E-state index is 0.0509. The predicted molar refractivity (Wildman–Crippen MR) is 114 cm³/mol. The normalized spacial score (nSPS) is 15.3. The van der Waals surface area contributed by atoms with Crippen molar-refractivity contribution in [2.45, 2.75) is 19.3 Å². The molecule has 12 heteroatoms. The number of aromatic nitrogens is 4. The van der Waals surface area contributed by atoms with Gasteiger partial charge in [-0.15, -0.1) is 0 Å². The average Bonchev–Trinajstić information content (AvgIpc) is 3.35. The van der Waals surface area contributed by atoms with Crippen molar-refractivity contribution in [2.75, 3.05) is 22.3 Å². The zero-order valence-corrected chi connectivity index (χ0v) is 18.1. The van der Waals surface area contributed by atoms with Crippen molar-refractivity contribution in [1.82, 2.24) is 19.7 Å². The molecule has 0 saturated heterocycles. The van der Waals surface area contributed by atoms with Crippen LogP contribution in [0.1, 0.15) is 35.3 Å². The highest BCUT2D eigenvalue weighted by Gasteiger charge is 2.36. The molecule has 3 aromatic rings. The summed E-state index contributed by atoms with van der Waals surface area (Å²) in [4.78, 5) is 21.9. The number of benzene rings is 1. The first-order chi connectivity index (χ1) is 15.2. The first-order valence-corrected chi connectivity index (χ1v) is 11.5. The zero-order chi connectivity index (χ0) is 23.0. The van der Waals surface area contributed by atoms with Crippen LogP contribution < -0.4 is 10.0 Å². The van der Waals surface area contributed by atoms with E-state index in [4.69, 9.17) is 0 Å². The summed E-state index contributed by atoms with van der Waals surface area (Å²) in [6.45, 7) is 1.70. The van der Waals surface area contributed by atoms with Crippen molar-refractivity contribution in [3.05, 3.63) is 53.6 Å². The Morgan fingerprint density at radius 1 is 1.31 bits per heavy atom. The van der Waals surface area contributed by atoms with Gasteiger partial charge in [-0.3, -0.25) is 14.2 Å². The minimum atomic E-state index is -3.83. The fourth-order valence-corrected chi connectivity index (χ4v) is 4.64. The SMILES string of the molecule is CCCS(=O)(=O)Nc1ccc(F)c(C(=O)C2CNc3ncc(-c4cnn(C)c4)nc32)c1F. The maximum Gasteiger partial charge on any atom is 0.232 e. The second-order valence-electron chi connectivity index (χ2n) is 7.39. The highest BCUT2D eigenvalue weighted by atomic mass is 32.2. The summed E-state index contributed by atoms with van der Waals surface area (Å²) in [6.07, 6.45) is 5.13. The van der Waals surface area contributed by atoms with Crippen molar-refractivity contribution in [3.63, 3.8) is 0 Å². The molecule has 1 unspecified atom stereocenters. The van der Waals surface area contributed by atoms with E-state index >= 15 is 4.39 Å². The Morgan fingerprint density at radius 2 is 2.09 bits per heavy atom. The minimum Gasteiger partial charge on any atom is -0.367 e. The molecular weight excluding hydrogens is 442 g/mol. The van der Waals surface area contributed by atoms with Crippen molar-refractivity contribution < 1.29 is 22.0 Å². The number of ketones is 1. The average molecular weight is 462 g/mol. The van der Waals surface area contributed by atoms with Gasteiger partial charge in [0.2, 0.25) is 10.0 Å². The molecule has 0 fully saturated rings. The molecule has 3 heterocycles. The lowest BCUT2D eigenvalue weighted by Gasteiger charge is -2.14. The lowest BCUT2D eigenvalue weighted by Crippen LogP contribution is -2.21. The van der Waals surface area contributed by atoms with E-state index in [1.54, 1.807) is 31.0 Å². The number of carbonyl (C=O) groups is 1. The van der Waals surface area contributed by atoms with Gasteiger partial charge in [-0.1, -0.05) is 6.92 Å². The number of nitrogens with one attached hydrogen (secondary N) is 2. The smallest absolute Gasteiger partial charge is 0.232 e. The van der Waals surface area contributed by atoms with Crippen LogP contribution in [0, 0.1) is 11.6 Å². The highest BCUT2D eigenvalue weighted by Crippen LogP contribution is 2.34. The third-order valence-corrected chi connectivity index (χ3v) is 6.47. The summed E-state index contributed by atoms with van der Waals surface area (Å²) in [7, 11) is -2.09. The van der Waals surface area contributed by atoms with E-state index < -0.39 is 44.6 Å². The summed E-state index contributed by atoms with van der Waals surface area (Å²) in [5.74, 6) is -4.10. The maximum atomic E-state index is 15.1. The fraction of sp³-hybridized carbons (Fsp3) is 0.300. The second kappa shape index (κ2) is 8.26. The Hall–Kier alpha value is -3.41. The van der Waals surface area contributed by atoms with Gasteiger partial charge in [0.05, 0.1) is 46.7 Å². The highest BCUT2D eigenvalue weighted by molar-refractivity contribution is 7.92. The molecule has 9 nitrogen and oxygen atoms in total. The van der Waals surface area contributed by atoms with Crippen LogP contribution in [0.4, 0.5) is 20.3 Å². The first kappa shape index (κ1) is 21.8. The Morgan fingerprint density at radius 3 is 2.78 bits per heavy atom. The van der Waals surface area contributed by atoms with E-state index in [9.17, 15) is 17.6 Å². The van der Waals surface area contributed by atoms with E-state index in [0.29, 0.717) is 23.5 Å². The molecule has 2 N–H and O–H groups in total. The number of Topliss-reactive ketones (excluding diaryl/α,β-unsaturated/α-hetero) is 1. The van der Waals surface area contributed by atoms with Crippen LogP contribution in [0.25, 0.3) is 11.3 Å². The van der Waals surface area contributed by atoms with Crippen LogP contribution in [0.15, 0.2) is 30.7 Å². The number of carbonyl (C=O) groups excluding carboxylic acids is 1. The molecule has 0 saturated carbocycles. The molecule has 0 bridgehead atoms. The summed E-state index contributed by atoms with van der Waals surface area (Å²) < 4.78 is 57.3. The molecule has 1 aromatic carbocycles. The number of halogens is 2. The predicted octanol–water partition coefficient (Wildman–Crippen LogP) is 2.70. The molecule has 0 amide bonds. The maximum absolute atomic E-state index is 15.1. The Kier molecular flexibility index (Phi) is 5.63. The van der Waals surface area contributed by atoms with Gasteiger partial charge in [0.25, 0.3) is 0 Å². The molecule has 1 aliphatic rings. The molecule has 4 rings (SSSR count). The van der Waals surface area contributed by atoms with Crippen molar-refractivity contribution >= 4 is 27.3 Å². The molecule has 0 spiro atoms.